The van der Waals surface area contributed by atoms with Crippen molar-refractivity contribution in [1.29, 1.82) is 0 Å². The number of hydrogen-bond donors (Lipinski definition) is 1. The Morgan fingerprint density at radius 1 is 1.17 bits per heavy atom. The summed E-state index contributed by atoms with van der Waals surface area (Å²) in [5.74, 6) is -0.117. The van der Waals surface area contributed by atoms with E-state index in [4.69, 9.17) is 4.74 Å². The Balaban J connectivity index is 1.69. The van der Waals surface area contributed by atoms with Gasteiger partial charge in [-0.1, -0.05) is 0 Å². The second-order valence-electron chi connectivity index (χ2n) is 8.60. The van der Waals surface area contributed by atoms with E-state index < -0.39 is 21.7 Å². The fraction of sp³-hybridized carbons (Fsp3) is 0.600. The van der Waals surface area contributed by atoms with E-state index in [-0.39, 0.29) is 23.3 Å². The van der Waals surface area contributed by atoms with E-state index in [9.17, 15) is 18.0 Å². The van der Waals surface area contributed by atoms with Crippen molar-refractivity contribution in [1.82, 2.24) is 14.5 Å². The van der Waals surface area contributed by atoms with E-state index in [0.29, 0.717) is 38.4 Å². The first-order chi connectivity index (χ1) is 14.0. The Morgan fingerprint density at radius 3 is 2.33 bits per heavy atom. The van der Waals surface area contributed by atoms with Crippen molar-refractivity contribution in [2.24, 2.45) is 0 Å². The number of carbonyl (C=O) groups excluding carboxylic acids is 2. The molecule has 2 amide bonds. The van der Waals surface area contributed by atoms with Crippen LogP contribution in [0.3, 0.4) is 0 Å². The first-order valence-electron chi connectivity index (χ1n) is 10.1. The maximum atomic E-state index is 12.8. The highest BCUT2D eigenvalue weighted by Gasteiger charge is 2.36. The highest BCUT2D eigenvalue weighted by atomic mass is 32.2. The molecule has 9 nitrogen and oxygen atoms in total. The number of anilines is 1. The smallest absolute Gasteiger partial charge is 0.410 e. The number of rotatable bonds is 4. The van der Waals surface area contributed by atoms with Crippen LogP contribution >= 0.6 is 0 Å². The summed E-state index contributed by atoms with van der Waals surface area (Å²) < 4.78 is 32.4. The lowest BCUT2D eigenvalue weighted by Gasteiger charge is -2.28. The Bertz CT molecular complexity index is 889. The average Bonchev–Trinajstić information content (AvgIpc) is 3.08. The molecule has 2 aliphatic heterocycles. The third kappa shape index (κ3) is 4.93. The molecule has 2 aliphatic rings. The van der Waals surface area contributed by atoms with E-state index >= 15 is 0 Å². The largest absolute Gasteiger partial charge is 0.444 e. The van der Waals surface area contributed by atoms with Gasteiger partial charge in [-0.05, 0) is 45.0 Å². The zero-order valence-corrected chi connectivity index (χ0v) is 18.7. The van der Waals surface area contributed by atoms with Gasteiger partial charge in [-0.25, -0.2) is 13.2 Å². The Morgan fingerprint density at radius 2 is 1.77 bits per heavy atom. The second kappa shape index (κ2) is 8.52. The molecule has 0 aromatic heterocycles. The SMILES string of the molecule is CN(C(=O)OC(C)(C)C)[C@@H]1CC(=O)N(c2ccc(S(=O)(=O)N3CCNCC3)cc2)C1. The van der Waals surface area contributed by atoms with Gasteiger partial charge >= 0.3 is 6.09 Å². The molecule has 3 rings (SSSR count). The number of piperazine rings is 1. The highest BCUT2D eigenvalue weighted by molar-refractivity contribution is 7.89. The van der Waals surface area contributed by atoms with Gasteiger partial charge in [0.05, 0.1) is 10.9 Å². The minimum Gasteiger partial charge on any atom is -0.444 e. The first-order valence-corrected chi connectivity index (χ1v) is 11.5. The molecule has 0 aliphatic carbocycles. The first kappa shape index (κ1) is 22.5. The third-order valence-corrected chi connectivity index (χ3v) is 7.11. The van der Waals surface area contributed by atoms with Crippen molar-refractivity contribution >= 4 is 27.7 Å². The van der Waals surface area contributed by atoms with Crippen LogP contribution in [0.2, 0.25) is 0 Å². The van der Waals surface area contributed by atoms with E-state index in [1.807, 2.05) is 0 Å². The number of likely N-dealkylation sites (N-methyl/N-ethyl adjacent to an activating group) is 1. The number of nitrogens with one attached hydrogen (secondary N) is 1. The lowest BCUT2D eigenvalue weighted by Crippen LogP contribution is -2.46. The summed E-state index contributed by atoms with van der Waals surface area (Å²) in [6, 6.07) is 6.04. The lowest BCUT2D eigenvalue weighted by molar-refractivity contribution is -0.117. The van der Waals surface area contributed by atoms with E-state index in [1.54, 1.807) is 44.9 Å². The molecule has 1 atom stereocenters. The Hall–Kier alpha value is -2.17. The standard InChI is InChI=1S/C20H30N4O5S/c1-20(2,3)29-19(26)22(4)16-13-18(25)24(14-16)15-5-7-17(8-6-15)30(27,28)23-11-9-21-10-12-23/h5-8,16,21H,9-14H2,1-4H3/t16-/m1/s1. The number of carbonyl (C=O) groups is 2. The summed E-state index contributed by atoms with van der Waals surface area (Å²) in [5.41, 5.74) is -0.00121. The minimum atomic E-state index is -3.55. The molecule has 1 N–H and O–H groups in total. The van der Waals surface area contributed by atoms with Crippen LogP contribution in [-0.4, -0.2) is 81.0 Å². The predicted octanol–water partition coefficient (Wildman–Crippen LogP) is 1.25. The number of sulfonamides is 1. The van der Waals surface area contributed by atoms with Gasteiger partial charge in [-0.2, -0.15) is 4.31 Å². The fourth-order valence-electron chi connectivity index (χ4n) is 3.51. The summed E-state index contributed by atoms with van der Waals surface area (Å²) in [6.45, 7) is 7.85. The number of benzene rings is 1. The van der Waals surface area contributed by atoms with Crippen molar-refractivity contribution in [3.63, 3.8) is 0 Å². The Labute approximate surface area is 178 Å². The van der Waals surface area contributed by atoms with E-state index in [2.05, 4.69) is 5.32 Å². The molecular formula is C20H30N4O5S. The van der Waals surface area contributed by atoms with Crippen LogP contribution in [0, 0.1) is 0 Å². The number of ether oxygens (including phenoxy) is 1. The summed E-state index contributed by atoms with van der Waals surface area (Å²) in [6.07, 6.45) is -0.282. The quantitative estimate of drug-likeness (QED) is 0.760. The molecule has 2 heterocycles. The number of nitrogens with zero attached hydrogens (tertiary/aromatic N) is 3. The normalized spacial score (nSPS) is 21.0. The molecule has 0 unspecified atom stereocenters. The van der Waals surface area contributed by atoms with Crippen molar-refractivity contribution < 1.29 is 22.7 Å². The van der Waals surface area contributed by atoms with Crippen LogP contribution in [0.15, 0.2) is 29.2 Å². The summed E-state index contributed by atoms with van der Waals surface area (Å²) in [7, 11) is -1.92. The van der Waals surface area contributed by atoms with Crippen molar-refractivity contribution in [2.45, 2.75) is 43.7 Å². The van der Waals surface area contributed by atoms with Crippen molar-refractivity contribution in [2.75, 3.05) is 44.7 Å². The van der Waals surface area contributed by atoms with Crippen LogP contribution in [0.5, 0.6) is 0 Å². The molecule has 2 fully saturated rings. The molecule has 0 bridgehead atoms. The molecule has 2 saturated heterocycles. The van der Waals surface area contributed by atoms with Gasteiger partial charge in [-0.3, -0.25) is 4.79 Å². The average molecular weight is 439 g/mol. The molecule has 166 valence electrons. The molecule has 0 saturated carbocycles. The van der Waals surface area contributed by atoms with E-state index in [1.165, 1.54) is 21.3 Å². The fourth-order valence-corrected chi connectivity index (χ4v) is 4.95. The molecule has 1 aromatic rings. The molecular weight excluding hydrogens is 408 g/mol. The lowest BCUT2D eigenvalue weighted by atomic mass is 10.2. The monoisotopic (exact) mass is 438 g/mol. The third-order valence-electron chi connectivity index (χ3n) is 5.20. The maximum absolute atomic E-state index is 12.8. The van der Waals surface area contributed by atoms with Crippen molar-refractivity contribution in [3.8, 4) is 0 Å². The minimum absolute atomic E-state index is 0.117. The summed E-state index contributed by atoms with van der Waals surface area (Å²) in [4.78, 5) is 28.1. The van der Waals surface area contributed by atoms with Gasteiger partial charge in [0, 0.05) is 51.9 Å². The van der Waals surface area contributed by atoms with Crippen LogP contribution < -0.4 is 10.2 Å². The van der Waals surface area contributed by atoms with Gasteiger partial charge in [0.15, 0.2) is 0 Å². The van der Waals surface area contributed by atoms with Crippen molar-refractivity contribution in [3.05, 3.63) is 24.3 Å². The predicted molar refractivity (Wildman–Crippen MR) is 113 cm³/mol. The highest BCUT2D eigenvalue weighted by Crippen LogP contribution is 2.27. The second-order valence-corrected chi connectivity index (χ2v) is 10.5. The molecule has 30 heavy (non-hydrogen) atoms. The molecule has 0 radical (unpaired) electrons. The summed E-state index contributed by atoms with van der Waals surface area (Å²) in [5, 5.41) is 3.14. The molecule has 1 aromatic carbocycles. The van der Waals surface area contributed by atoms with Crippen LogP contribution in [0.4, 0.5) is 10.5 Å². The van der Waals surface area contributed by atoms with Gasteiger partial charge in [0.1, 0.15) is 5.60 Å². The molecule has 0 spiro atoms. The molecule has 10 heteroatoms. The number of hydrogen-bond acceptors (Lipinski definition) is 6. The summed E-state index contributed by atoms with van der Waals surface area (Å²) >= 11 is 0. The number of amides is 2. The zero-order valence-electron chi connectivity index (χ0n) is 17.9. The Kier molecular flexibility index (Phi) is 6.40. The van der Waals surface area contributed by atoms with Gasteiger partial charge in [0.25, 0.3) is 0 Å². The van der Waals surface area contributed by atoms with Gasteiger partial charge in [0.2, 0.25) is 15.9 Å². The van der Waals surface area contributed by atoms with Gasteiger partial charge < -0.3 is 19.9 Å². The van der Waals surface area contributed by atoms with Crippen LogP contribution in [-0.2, 0) is 19.6 Å². The topological polar surface area (TPSA) is 99.3 Å². The van der Waals surface area contributed by atoms with Crippen LogP contribution in [0.1, 0.15) is 27.2 Å². The maximum Gasteiger partial charge on any atom is 0.410 e. The van der Waals surface area contributed by atoms with E-state index in [0.717, 1.165) is 0 Å². The van der Waals surface area contributed by atoms with Gasteiger partial charge in [-0.15, -0.1) is 0 Å². The van der Waals surface area contributed by atoms with Crippen LogP contribution in [0.25, 0.3) is 0 Å². The zero-order chi connectivity index (χ0) is 22.1.